The van der Waals surface area contributed by atoms with E-state index < -0.39 is 0 Å². The van der Waals surface area contributed by atoms with E-state index in [0.29, 0.717) is 6.54 Å². The third kappa shape index (κ3) is 1.97. The van der Waals surface area contributed by atoms with Gasteiger partial charge >= 0.3 is 0 Å². The molecular formula is C8H10BrN3O. The van der Waals surface area contributed by atoms with Crippen molar-refractivity contribution in [3.63, 3.8) is 0 Å². The van der Waals surface area contributed by atoms with Gasteiger partial charge in [0, 0.05) is 13.1 Å². The summed E-state index contributed by atoms with van der Waals surface area (Å²) in [7, 11) is 0. The van der Waals surface area contributed by atoms with Gasteiger partial charge in [-0.3, -0.25) is 0 Å². The first kappa shape index (κ1) is 8.90. The first-order valence-corrected chi connectivity index (χ1v) is 4.97. The van der Waals surface area contributed by atoms with Crippen LogP contribution in [0.15, 0.2) is 16.7 Å². The van der Waals surface area contributed by atoms with Crippen molar-refractivity contribution in [2.45, 2.75) is 12.5 Å². The maximum absolute atomic E-state index is 9.32. The number of rotatable bonds is 1. The molecule has 4 nitrogen and oxygen atoms in total. The number of aliphatic hydroxyl groups is 1. The Balaban J connectivity index is 2.13. The Bertz CT molecular complexity index is 290. The fourth-order valence-corrected chi connectivity index (χ4v) is 1.64. The molecule has 0 bridgehead atoms. The fraction of sp³-hybridized carbons (Fsp3) is 0.500. The number of hydrogen-bond donors (Lipinski definition) is 1. The van der Waals surface area contributed by atoms with Crippen LogP contribution in [0, 0.1) is 0 Å². The number of nitrogens with zero attached hydrogens (tertiary/aromatic N) is 3. The molecule has 70 valence electrons. The summed E-state index contributed by atoms with van der Waals surface area (Å²) < 4.78 is 0.732. The third-order valence-electron chi connectivity index (χ3n) is 2.11. The molecule has 0 aliphatic carbocycles. The molecule has 1 unspecified atom stereocenters. The number of halogens is 1. The van der Waals surface area contributed by atoms with E-state index in [1.807, 2.05) is 17.0 Å². The first-order valence-electron chi connectivity index (χ1n) is 4.18. The summed E-state index contributed by atoms with van der Waals surface area (Å²) in [6.45, 7) is 1.52. The molecule has 1 N–H and O–H groups in total. The highest BCUT2D eigenvalue weighted by atomic mass is 79.9. The molecule has 0 amide bonds. The summed E-state index contributed by atoms with van der Waals surface area (Å²) in [6, 6.07) is 3.75. The molecule has 1 saturated heterocycles. The zero-order valence-electron chi connectivity index (χ0n) is 7.02. The number of β-amino-alcohol motifs (C(OH)–C–C–N with tert-alkyl or cyclic N) is 1. The lowest BCUT2D eigenvalue weighted by molar-refractivity contribution is 0.198. The van der Waals surface area contributed by atoms with E-state index in [2.05, 4.69) is 26.1 Å². The normalized spacial score (nSPS) is 22.3. The van der Waals surface area contributed by atoms with Crippen molar-refractivity contribution >= 4 is 21.7 Å². The largest absolute Gasteiger partial charge is 0.391 e. The van der Waals surface area contributed by atoms with E-state index in [1.54, 1.807) is 0 Å². The molecule has 0 aromatic carbocycles. The van der Waals surface area contributed by atoms with Crippen LogP contribution in [0.3, 0.4) is 0 Å². The van der Waals surface area contributed by atoms with Crippen LogP contribution in [0.5, 0.6) is 0 Å². The van der Waals surface area contributed by atoms with Gasteiger partial charge in [-0.1, -0.05) is 0 Å². The van der Waals surface area contributed by atoms with Crippen LogP contribution in [0.4, 0.5) is 5.82 Å². The zero-order chi connectivity index (χ0) is 9.26. The molecule has 2 rings (SSSR count). The summed E-state index contributed by atoms with van der Waals surface area (Å²) >= 11 is 3.22. The standard InChI is InChI=1S/C8H10BrN3O/c9-7-1-2-8(11-10-7)12-4-3-6(13)5-12/h1-2,6,13H,3-5H2. The van der Waals surface area contributed by atoms with Crippen LogP contribution < -0.4 is 4.90 Å². The van der Waals surface area contributed by atoms with E-state index >= 15 is 0 Å². The van der Waals surface area contributed by atoms with Crippen LogP contribution in [0.25, 0.3) is 0 Å². The molecule has 1 aliphatic rings. The van der Waals surface area contributed by atoms with E-state index in [9.17, 15) is 5.11 Å². The minimum atomic E-state index is -0.217. The molecule has 5 heteroatoms. The number of hydrogen-bond acceptors (Lipinski definition) is 4. The van der Waals surface area contributed by atoms with Gasteiger partial charge in [0.1, 0.15) is 4.60 Å². The Hall–Kier alpha value is -0.680. The molecule has 1 aromatic rings. The molecule has 2 heterocycles. The van der Waals surface area contributed by atoms with Gasteiger partial charge in [0.25, 0.3) is 0 Å². The lowest BCUT2D eigenvalue weighted by Crippen LogP contribution is -2.22. The molecule has 1 atom stereocenters. The average Bonchev–Trinajstić information content (AvgIpc) is 2.53. The van der Waals surface area contributed by atoms with Crippen molar-refractivity contribution in [2.24, 2.45) is 0 Å². The summed E-state index contributed by atoms with van der Waals surface area (Å²) in [5.41, 5.74) is 0. The Morgan fingerprint density at radius 1 is 1.46 bits per heavy atom. The Kier molecular flexibility index (Phi) is 2.46. The summed E-state index contributed by atoms with van der Waals surface area (Å²) in [4.78, 5) is 2.03. The lowest BCUT2D eigenvalue weighted by atomic mass is 10.3. The van der Waals surface area contributed by atoms with E-state index in [1.165, 1.54) is 0 Å². The van der Waals surface area contributed by atoms with Crippen LogP contribution >= 0.6 is 15.9 Å². The summed E-state index contributed by atoms with van der Waals surface area (Å²) in [6.07, 6.45) is 0.600. The predicted octanol–water partition coefficient (Wildman–Crippen LogP) is 0.810. The van der Waals surface area contributed by atoms with Crippen LogP contribution in [0.1, 0.15) is 6.42 Å². The van der Waals surface area contributed by atoms with Gasteiger partial charge in [-0.05, 0) is 34.5 Å². The second kappa shape index (κ2) is 3.59. The van der Waals surface area contributed by atoms with Gasteiger partial charge in [0.05, 0.1) is 6.10 Å². The van der Waals surface area contributed by atoms with Crippen molar-refractivity contribution in [2.75, 3.05) is 18.0 Å². The highest BCUT2D eigenvalue weighted by molar-refractivity contribution is 9.10. The van der Waals surface area contributed by atoms with Gasteiger partial charge in [0.15, 0.2) is 5.82 Å². The topological polar surface area (TPSA) is 49.2 Å². The Morgan fingerprint density at radius 2 is 2.31 bits per heavy atom. The monoisotopic (exact) mass is 243 g/mol. The van der Waals surface area contributed by atoms with Crippen molar-refractivity contribution in [3.05, 3.63) is 16.7 Å². The van der Waals surface area contributed by atoms with Crippen LogP contribution in [0.2, 0.25) is 0 Å². The third-order valence-corrected chi connectivity index (χ3v) is 2.53. The van der Waals surface area contributed by atoms with Gasteiger partial charge in [-0.2, -0.15) is 0 Å². The molecule has 1 fully saturated rings. The Labute approximate surface area is 84.7 Å². The molecule has 1 aromatic heterocycles. The lowest BCUT2D eigenvalue weighted by Gasteiger charge is -2.14. The maximum Gasteiger partial charge on any atom is 0.151 e. The minimum absolute atomic E-state index is 0.217. The number of aliphatic hydroxyl groups excluding tert-OH is 1. The minimum Gasteiger partial charge on any atom is -0.391 e. The van der Waals surface area contributed by atoms with Gasteiger partial charge in [-0.25, -0.2) is 0 Å². The molecule has 0 saturated carbocycles. The second-order valence-corrected chi connectivity index (χ2v) is 3.92. The van der Waals surface area contributed by atoms with Crippen LogP contribution in [-0.2, 0) is 0 Å². The molecule has 0 spiro atoms. The average molecular weight is 244 g/mol. The van der Waals surface area contributed by atoms with Gasteiger partial charge in [-0.15, -0.1) is 10.2 Å². The Morgan fingerprint density at radius 3 is 2.85 bits per heavy atom. The first-order chi connectivity index (χ1) is 6.25. The van der Waals surface area contributed by atoms with E-state index in [4.69, 9.17) is 0 Å². The van der Waals surface area contributed by atoms with Crippen molar-refractivity contribution in [1.82, 2.24) is 10.2 Å². The van der Waals surface area contributed by atoms with Gasteiger partial charge < -0.3 is 10.0 Å². The molecule has 0 radical (unpaired) electrons. The van der Waals surface area contributed by atoms with Gasteiger partial charge in [0.2, 0.25) is 0 Å². The molecule has 1 aliphatic heterocycles. The van der Waals surface area contributed by atoms with E-state index in [-0.39, 0.29) is 6.10 Å². The zero-order valence-corrected chi connectivity index (χ0v) is 8.61. The number of anilines is 1. The highest BCUT2D eigenvalue weighted by Gasteiger charge is 2.21. The summed E-state index contributed by atoms with van der Waals surface area (Å²) in [5, 5.41) is 17.2. The smallest absolute Gasteiger partial charge is 0.151 e. The SMILES string of the molecule is OC1CCN(c2ccc(Br)nn2)C1. The number of aromatic nitrogens is 2. The fourth-order valence-electron chi connectivity index (χ4n) is 1.43. The second-order valence-electron chi connectivity index (χ2n) is 3.10. The highest BCUT2D eigenvalue weighted by Crippen LogP contribution is 2.17. The maximum atomic E-state index is 9.32. The van der Waals surface area contributed by atoms with Crippen molar-refractivity contribution in [3.8, 4) is 0 Å². The predicted molar refractivity (Wildman–Crippen MR) is 52.6 cm³/mol. The molecule has 13 heavy (non-hydrogen) atoms. The van der Waals surface area contributed by atoms with Crippen molar-refractivity contribution in [1.29, 1.82) is 0 Å². The summed E-state index contributed by atoms with van der Waals surface area (Å²) in [5.74, 6) is 0.833. The van der Waals surface area contributed by atoms with Crippen LogP contribution in [-0.4, -0.2) is 34.5 Å². The quantitative estimate of drug-likeness (QED) is 0.794. The van der Waals surface area contributed by atoms with Crippen molar-refractivity contribution < 1.29 is 5.11 Å². The van der Waals surface area contributed by atoms with E-state index in [0.717, 1.165) is 23.4 Å². The molecular weight excluding hydrogens is 234 g/mol.